The zero-order valence-electron chi connectivity index (χ0n) is 9.96. The molecule has 0 spiro atoms. The second-order valence-corrected chi connectivity index (χ2v) is 5.14. The Labute approximate surface area is 104 Å². The average Bonchev–Trinajstić information content (AvgIpc) is 2.60. The number of nitrogens with zero attached hydrogens (tertiary/aromatic N) is 1. The highest BCUT2D eigenvalue weighted by Gasteiger charge is 2.12. The van der Waals surface area contributed by atoms with E-state index < -0.39 is 0 Å². The Balaban J connectivity index is 2.45. The number of thiazole rings is 1. The standard InChI is InChI=1S/C13H15FN2S/c1-3-4-11-16-12(13(15)17-11)10-6-5-9(14)7-8(10)2/h5-7H,3-4,15H2,1-2H3. The van der Waals surface area contributed by atoms with Crippen LogP contribution in [0.3, 0.4) is 0 Å². The van der Waals surface area contributed by atoms with Crippen LogP contribution in [0.25, 0.3) is 11.3 Å². The van der Waals surface area contributed by atoms with E-state index >= 15 is 0 Å². The van der Waals surface area contributed by atoms with Gasteiger partial charge in [-0.3, -0.25) is 0 Å². The molecular weight excluding hydrogens is 235 g/mol. The molecule has 0 unspecified atom stereocenters. The van der Waals surface area contributed by atoms with Gasteiger partial charge in [0.2, 0.25) is 0 Å². The third-order valence-corrected chi connectivity index (χ3v) is 3.55. The molecule has 17 heavy (non-hydrogen) atoms. The lowest BCUT2D eigenvalue weighted by molar-refractivity contribution is 0.627. The summed E-state index contributed by atoms with van der Waals surface area (Å²) >= 11 is 1.52. The number of benzene rings is 1. The van der Waals surface area contributed by atoms with Gasteiger partial charge in [0, 0.05) is 5.56 Å². The van der Waals surface area contributed by atoms with Crippen LogP contribution >= 0.6 is 11.3 Å². The van der Waals surface area contributed by atoms with Crippen LogP contribution < -0.4 is 5.73 Å². The molecule has 1 heterocycles. The highest BCUT2D eigenvalue weighted by Crippen LogP contribution is 2.33. The summed E-state index contributed by atoms with van der Waals surface area (Å²) in [6.45, 7) is 3.98. The van der Waals surface area contributed by atoms with Crippen molar-refractivity contribution in [2.45, 2.75) is 26.7 Å². The summed E-state index contributed by atoms with van der Waals surface area (Å²) in [5, 5.41) is 1.76. The first-order valence-corrected chi connectivity index (χ1v) is 6.45. The van der Waals surface area contributed by atoms with Crippen LogP contribution in [-0.4, -0.2) is 4.98 Å². The molecule has 0 aliphatic heterocycles. The van der Waals surface area contributed by atoms with Crippen molar-refractivity contribution in [2.75, 3.05) is 5.73 Å². The molecule has 0 fully saturated rings. The fourth-order valence-electron chi connectivity index (χ4n) is 1.78. The van der Waals surface area contributed by atoms with Gasteiger partial charge in [0.05, 0.1) is 5.01 Å². The maximum atomic E-state index is 13.0. The lowest BCUT2D eigenvalue weighted by Crippen LogP contribution is -1.90. The van der Waals surface area contributed by atoms with Crippen molar-refractivity contribution in [1.29, 1.82) is 0 Å². The lowest BCUT2D eigenvalue weighted by Gasteiger charge is -2.03. The Morgan fingerprint density at radius 2 is 2.18 bits per heavy atom. The molecule has 4 heteroatoms. The van der Waals surface area contributed by atoms with E-state index in [1.807, 2.05) is 6.92 Å². The monoisotopic (exact) mass is 250 g/mol. The molecule has 2 rings (SSSR count). The Kier molecular flexibility index (Phi) is 3.43. The van der Waals surface area contributed by atoms with E-state index in [9.17, 15) is 4.39 Å². The number of hydrogen-bond donors (Lipinski definition) is 1. The van der Waals surface area contributed by atoms with Crippen LogP contribution in [0.2, 0.25) is 0 Å². The molecule has 90 valence electrons. The number of aromatic nitrogens is 1. The summed E-state index contributed by atoms with van der Waals surface area (Å²) < 4.78 is 13.0. The van der Waals surface area contributed by atoms with Crippen molar-refractivity contribution < 1.29 is 4.39 Å². The number of hydrogen-bond acceptors (Lipinski definition) is 3. The van der Waals surface area contributed by atoms with Crippen molar-refractivity contribution in [2.24, 2.45) is 0 Å². The molecule has 0 bridgehead atoms. The quantitative estimate of drug-likeness (QED) is 0.900. The fourth-order valence-corrected chi connectivity index (χ4v) is 2.73. The van der Waals surface area contributed by atoms with E-state index in [0.717, 1.165) is 34.7 Å². The molecule has 0 amide bonds. The Morgan fingerprint density at radius 3 is 2.82 bits per heavy atom. The molecule has 0 aliphatic rings. The predicted molar refractivity (Wildman–Crippen MR) is 70.7 cm³/mol. The first-order valence-electron chi connectivity index (χ1n) is 5.63. The second-order valence-electron chi connectivity index (χ2n) is 4.03. The largest absolute Gasteiger partial charge is 0.389 e. The van der Waals surface area contributed by atoms with Gasteiger partial charge in [0.1, 0.15) is 16.5 Å². The molecule has 0 atom stereocenters. The molecule has 1 aromatic carbocycles. The lowest BCUT2D eigenvalue weighted by atomic mass is 10.1. The minimum absolute atomic E-state index is 0.228. The van der Waals surface area contributed by atoms with Crippen LogP contribution in [0.5, 0.6) is 0 Å². The van der Waals surface area contributed by atoms with Crippen LogP contribution in [-0.2, 0) is 6.42 Å². The number of anilines is 1. The SMILES string of the molecule is CCCc1nc(-c2ccc(F)cc2C)c(N)s1. The van der Waals surface area contributed by atoms with E-state index in [2.05, 4.69) is 11.9 Å². The van der Waals surface area contributed by atoms with Gasteiger partial charge in [-0.25, -0.2) is 9.37 Å². The Bertz CT molecular complexity index is 534. The van der Waals surface area contributed by atoms with Crippen molar-refractivity contribution >= 4 is 16.3 Å². The third kappa shape index (κ3) is 2.47. The Hall–Kier alpha value is -1.42. The number of nitrogens with two attached hydrogens (primary N) is 1. The van der Waals surface area contributed by atoms with Gasteiger partial charge < -0.3 is 5.73 Å². The maximum Gasteiger partial charge on any atom is 0.123 e. The van der Waals surface area contributed by atoms with Gasteiger partial charge in [0.15, 0.2) is 0 Å². The molecule has 2 N–H and O–H groups in total. The zero-order chi connectivity index (χ0) is 12.4. The minimum atomic E-state index is -0.228. The molecular formula is C13H15FN2S. The van der Waals surface area contributed by atoms with Crippen LogP contribution in [0.1, 0.15) is 23.9 Å². The molecule has 2 nitrogen and oxygen atoms in total. The summed E-state index contributed by atoms with van der Waals surface area (Å²) in [6, 6.07) is 4.69. The van der Waals surface area contributed by atoms with E-state index in [1.54, 1.807) is 6.07 Å². The van der Waals surface area contributed by atoms with Crippen molar-refractivity contribution in [3.05, 3.63) is 34.6 Å². The number of halogens is 1. The number of aryl methyl sites for hydroxylation is 2. The van der Waals surface area contributed by atoms with Crippen molar-refractivity contribution in [3.63, 3.8) is 0 Å². The summed E-state index contributed by atoms with van der Waals surface area (Å²) in [5.41, 5.74) is 8.55. The zero-order valence-corrected chi connectivity index (χ0v) is 10.8. The highest BCUT2D eigenvalue weighted by molar-refractivity contribution is 7.16. The molecule has 0 saturated heterocycles. The summed E-state index contributed by atoms with van der Waals surface area (Å²) in [6.07, 6.45) is 1.99. The van der Waals surface area contributed by atoms with Gasteiger partial charge >= 0.3 is 0 Å². The number of rotatable bonds is 3. The van der Waals surface area contributed by atoms with E-state index in [0.29, 0.717) is 5.00 Å². The van der Waals surface area contributed by atoms with Crippen molar-refractivity contribution in [1.82, 2.24) is 4.98 Å². The molecule has 0 saturated carbocycles. The van der Waals surface area contributed by atoms with Gasteiger partial charge in [-0.15, -0.1) is 11.3 Å². The maximum absolute atomic E-state index is 13.0. The molecule has 1 aromatic heterocycles. The third-order valence-electron chi connectivity index (χ3n) is 2.61. The van der Waals surface area contributed by atoms with E-state index in [-0.39, 0.29) is 5.82 Å². The van der Waals surface area contributed by atoms with Gasteiger partial charge in [0.25, 0.3) is 0 Å². The molecule has 2 aromatic rings. The summed E-state index contributed by atoms with van der Waals surface area (Å²) in [7, 11) is 0. The van der Waals surface area contributed by atoms with Gasteiger partial charge in [-0.05, 0) is 43.5 Å². The summed E-state index contributed by atoms with van der Waals surface area (Å²) in [4.78, 5) is 4.53. The van der Waals surface area contributed by atoms with Gasteiger partial charge in [-0.1, -0.05) is 6.92 Å². The molecule has 0 aliphatic carbocycles. The first kappa shape index (κ1) is 12.0. The minimum Gasteiger partial charge on any atom is -0.389 e. The first-order chi connectivity index (χ1) is 8.11. The number of nitrogen functional groups attached to an aromatic ring is 1. The topological polar surface area (TPSA) is 38.9 Å². The molecule has 0 radical (unpaired) electrons. The fraction of sp³-hybridized carbons (Fsp3) is 0.308. The van der Waals surface area contributed by atoms with E-state index in [1.165, 1.54) is 23.5 Å². The highest BCUT2D eigenvalue weighted by atomic mass is 32.1. The summed E-state index contributed by atoms with van der Waals surface area (Å²) in [5.74, 6) is -0.228. The predicted octanol–water partition coefficient (Wildman–Crippen LogP) is 3.79. The van der Waals surface area contributed by atoms with Crippen LogP contribution in [0, 0.1) is 12.7 Å². The smallest absolute Gasteiger partial charge is 0.123 e. The Morgan fingerprint density at radius 1 is 1.41 bits per heavy atom. The normalized spacial score (nSPS) is 10.8. The van der Waals surface area contributed by atoms with Crippen molar-refractivity contribution in [3.8, 4) is 11.3 Å². The average molecular weight is 250 g/mol. The van der Waals surface area contributed by atoms with Crippen LogP contribution in [0.4, 0.5) is 9.39 Å². The second kappa shape index (κ2) is 4.84. The van der Waals surface area contributed by atoms with Crippen LogP contribution in [0.15, 0.2) is 18.2 Å². The van der Waals surface area contributed by atoms with E-state index in [4.69, 9.17) is 5.73 Å². The van der Waals surface area contributed by atoms with Gasteiger partial charge in [-0.2, -0.15) is 0 Å².